The number of aryl methyl sites for hydroxylation is 1. The largest absolute Gasteiger partial charge is 0.355 e. The fraction of sp³-hybridized carbons (Fsp3) is 0.250. The molecule has 0 saturated heterocycles. The molecule has 0 bridgehead atoms. The maximum atomic E-state index is 14.1. The molecule has 27 heavy (non-hydrogen) atoms. The molecule has 2 aromatic carbocycles. The van der Waals surface area contributed by atoms with Crippen molar-refractivity contribution in [2.24, 2.45) is 0 Å². The molecule has 1 unspecified atom stereocenters. The van der Waals surface area contributed by atoms with E-state index in [0.717, 1.165) is 0 Å². The van der Waals surface area contributed by atoms with Crippen molar-refractivity contribution in [3.8, 4) is 5.69 Å². The normalized spacial score (nSPS) is 12.1. The summed E-state index contributed by atoms with van der Waals surface area (Å²) >= 11 is 1.17. The Kier molecular flexibility index (Phi) is 5.60. The molecule has 5 nitrogen and oxygen atoms in total. The molecule has 0 saturated carbocycles. The SMILES string of the molecule is CCNC(=O)C(C)Sc1nc2ccccc2c(=O)n1-c1ccc(C)c(F)c1. The third-order valence-corrected chi connectivity index (χ3v) is 5.21. The Morgan fingerprint density at radius 3 is 2.74 bits per heavy atom. The van der Waals surface area contributed by atoms with E-state index in [1.165, 1.54) is 22.4 Å². The number of carbonyl (C=O) groups excluding carboxylic acids is 1. The van der Waals surface area contributed by atoms with Gasteiger partial charge in [-0.25, -0.2) is 9.37 Å². The number of aromatic nitrogens is 2. The number of nitrogens with one attached hydrogen (secondary N) is 1. The van der Waals surface area contributed by atoms with Gasteiger partial charge in [0.05, 0.1) is 21.8 Å². The fourth-order valence-electron chi connectivity index (χ4n) is 2.67. The van der Waals surface area contributed by atoms with Crippen LogP contribution in [0.1, 0.15) is 19.4 Å². The van der Waals surface area contributed by atoms with Crippen LogP contribution in [0, 0.1) is 12.7 Å². The average molecular weight is 385 g/mol. The van der Waals surface area contributed by atoms with E-state index in [4.69, 9.17) is 0 Å². The van der Waals surface area contributed by atoms with E-state index in [1.54, 1.807) is 50.2 Å². The summed E-state index contributed by atoms with van der Waals surface area (Å²) in [6, 6.07) is 11.6. The minimum atomic E-state index is -0.459. The van der Waals surface area contributed by atoms with Gasteiger partial charge in [0.1, 0.15) is 5.82 Å². The maximum absolute atomic E-state index is 14.1. The highest BCUT2D eigenvalue weighted by Crippen LogP contribution is 2.25. The first-order valence-electron chi connectivity index (χ1n) is 8.65. The quantitative estimate of drug-likeness (QED) is 0.540. The van der Waals surface area contributed by atoms with E-state index < -0.39 is 11.1 Å². The van der Waals surface area contributed by atoms with Gasteiger partial charge in [-0.05, 0) is 50.6 Å². The van der Waals surface area contributed by atoms with Gasteiger partial charge in [0.25, 0.3) is 5.56 Å². The van der Waals surface area contributed by atoms with Gasteiger partial charge in [-0.15, -0.1) is 0 Å². The Labute approximate surface area is 160 Å². The number of amides is 1. The van der Waals surface area contributed by atoms with Gasteiger partial charge in [-0.1, -0.05) is 30.0 Å². The molecular weight excluding hydrogens is 365 g/mol. The van der Waals surface area contributed by atoms with Crippen molar-refractivity contribution in [2.75, 3.05) is 6.54 Å². The number of hydrogen-bond acceptors (Lipinski definition) is 4. The van der Waals surface area contributed by atoms with Gasteiger partial charge in [0, 0.05) is 6.54 Å². The van der Waals surface area contributed by atoms with Gasteiger partial charge >= 0.3 is 0 Å². The predicted octanol–water partition coefficient (Wildman–Crippen LogP) is 3.45. The zero-order valence-electron chi connectivity index (χ0n) is 15.3. The summed E-state index contributed by atoms with van der Waals surface area (Å²) in [6.45, 7) is 5.77. The highest BCUT2D eigenvalue weighted by Gasteiger charge is 2.20. The molecule has 1 heterocycles. The highest BCUT2D eigenvalue weighted by molar-refractivity contribution is 8.00. The molecule has 0 spiro atoms. The van der Waals surface area contributed by atoms with Crippen molar-refractivity contribution in [3.05, 3.63) is 64.2 Å². The zero-order valence-corrected chi connectivity index (χ0v) is 16.1. The van der Waals surface area contributed by atoms with Crippen molar-refractivity contribution in [1.29, 1.82) is 0 Å². The lowest BCUT2D eigenvalue weighted by Crippen LogP contribution is -2.31. The molecule has 0 aliphatic rings. The summed E-state index contributed by atoms with van der Waals surface area (Å²) < 4.78 is 15.5. The number of fused-ring (bicyclic) bond motifs is 1. The van der Waals surface area contributed by atoms with Gasteiger partial charge in [0.2, 0.25) is 5.91 Å². The van der Waals surface area contributed by atoms with Crippen LogP contribution in [-0.2, 0) is 4.79 Å². The standard InChI is InChI=1S/C20H20FN3O2S/c1-4-22-18(25)13(3)27-20-23-17-8-6-5-7-15(17)19(26)24(20)14-10-9-12(2)16(21)11-14/h5-11,13H,4H2,1-3H3,(H,22,25). The van der Waals surface area contributed by atoms with E-state index in [0.29, 0.717) is 33.9 Å². The minimum Gasteiger partial charge on any atom is -0.355 e. The third-order valence-electron chi connectivity index (χ3n) is 4.16. The molecule has 140 valence electrons. The van der Waals surface area contributed by atoms with Crippen LogP contribution < -0.4 is 10.9 Å². The molecule has 3 aromatic rings. The third kappa shape index (κ3) is 3.88. The summed E-state index contributed by atoms with van der Waals surface area (Å²) in [5.41, 5.74) is 1.11. The Bertz CT molecular complexity index is 1060. The highest BCUT2D eigenvalue weighted by atomic mass is 32.2. The molecule has 1 atom stereocenters. The van der Waals surface area contributed by atoms with Crippen molar-refractivity contribution in [3.63, 3.8) is 0 Å². The van der Waals surface area contributed by atoms with Gasteiger partial charge in [0.15, 0.2) is 5.16 Å². The second kappa shape index (κ2) is 7.92. The van der Waals surface area contributed by atoms with Gasteiger partial charge in [-0.3, -0.25) is 14.2 Å². The number of thioether (sulfide) groups is 1. The second-order valence-electron chi connectivity index (χ2n) is 6.14. The Balaban J connectivity index is 2.19. The number of rotatable bonds is 5. The van der Waals surface area contributed by atoms with Gasteiger partial charge < -0.3 is 5.32 Å². The van der Waals surface area contributed by atoms with E-state index >= 15 is 0 Å². The molecule has 0 aliphatic heterocycles. The Morgan fingerprint density at radius 1 is 1.30 bits per heavy atom. The maximum Gasteiger partial charge on any atom is 0.266 e. The second-order valence-corrected chi connectivity index (χ2v) is 7.45. The molecule has 0 aliphatic carbocycles. The van der Waals surface area contributed by atoms with E-state index in [-0.39, 0.29) is 11.5 Å². The monoisotopic (exact) mass is 385 g/mol. The first-order chi connectivity index (χ1) is 12.9. The van der Waals surface area contributed by atoms with Crippen molar-refractivity contribution < 1.29 is 9.18 Å². The van der Waals surface area contributed by atoms with Crippen molar-refractivity contribution >= 4 is 28.6 Å². The molecule has 1 aromatic heterocycles. The Morgan fingerprint density at radius 2 is 2.04 bits per heavy atom. The van der Waals surface area contributed by atoms with Crippen LogP contribution in [0.4, 0.5) is 4.39 Å². The number of benzene rings is 2. The topological polar surface area (TPSA) is 64.0 Å². The molecule has 7 heteroatoms. The van der Waals surface area contributed by atoms with E-state index in [2.05, 4.69) is 10.3 Å². The summed E-state index contributed by atoms with van der Waals surface area (Å²) in [7, 11) is 0. The number of hydrogen-bond donors (Lipinski definition) is 1. The Hall–Kier alpha value is -2.67. The average Bonchev–Trinajstić information content (AvgIpc) is 2.65. The molecular formula is C20H20FN3O2S. The molecule has 1 amide bonds. The number of nitrogens with zero attached hydrogens (tertiary/aromatic N) is 2. The van der Waals surface area contributed by atoms with Crippen LogP contribution in [0.3, 0.4) is 0 Å². The molecule has 1 N–H and O–H groups in total. The van der Waals surface area contributed by atoms with Gasteiger partial charge in [-0.2, -0.15) is 0 Å². The van der Waals surface area contributed by atoms with E-state index in [9.17, 15) is 14.0 Å². The summed E-state index contributed by atoms with van der Waals surface area (Å²) in [5, 5.41) is 3.09. The lowest BCUT2D eigenvalue weighted by atomic mass is 10.2. The predicted molar refractivity (Wildman–Crippen MR) is 106 cm³/mol. The van der Waals surface area contributed by atoms with E-state index in [1.807, 2.05) is 6.92 Å². The lowest BCUT2D eigenvalue weighted by Gasteiger charge is -2.16. The minimum absolute atomic E-state index is 0.147. The zero-order chi connectivity index (χ0) is 19.6. The van der Waals surface area contributed by atoms with Crippen LogP contribution in [-0.4, -0.2) is 27.3 Å². The van der Waals surface area contributed by atoms with Crippen LogP contribution in [0.25, 0.3) is 16.6 Å². The smallest absolute Gasteiger partial charge is 0.266 e. The summed E-state index contributed by atoms with van der Waals surface area (Å²) in [5.74, 6) is -0.549. The van der Waals surface area contributed by atoms with Crippen molar-refractivity contribution in [1.82, 2.24) is 14.9 Å². The fourth-order valence-corrected chi connectivity index (χ4v) is 3.62. The first-order valence-corrected chi connectivity index (χ1v) is 9.53. The lowest BCUT2D eigenvalue weighted by molar-refractivity contribution is -0.120. The molecule has 3 rings (SSSR count). The van der Waals surface area contributed by atoms with Crippen molar-refractivity contribution in [2.45, 2.75) is 31.2 Å². The van der Waals surface area contributed by atoms with Crippen LogP contribution in [0.15, 0.2) is 52.4 Å². The number of halogens is 1. The van der Waals surface area contributed by atoms with Crippen LogP contribution >= 0.6 is 11.8 Å². The first kappa shape index (κ1) is 19.1. The van der Waals surface area contributed by atoms with Crippen LogP contribution in [0.2, 0.25) is 0 Å². The summed E-state index contributed by atoms with van der Waals surface area (Å²) in [6.07, 6.45) is 0. The number of carbonyl (C=O) groups is 1. The summed E-state index contributed by atoms with van der Waals surface area (Å²) in [4.78, 5) is 29.8. The molecule has 0 fully saturated rings. The molecule has 0 radical (unpaired) electrons. The number of para-hydroxylation sites is 1. The van der Waals surface area contributed by atoms with Crippen LogP contribution in [0.5, 0.6) is 0 Å².